The molecule has 0 amide bonds. The molecular formula is C13H16ClNO3S. The van der Waals surface area contributed by atoms with E-state index in [1.807, 2.05) is 0 Å². The molecule has 0 heterocycles. The van der Waals surface area contributed by atoms with Crippen molar-refractivity contribution in [2.45, 2.75) is 36.6 Å². The Hall–Kier alpha value is -1.04. The second-order valence-corrected chi connectivity index (χ2v) is 6.73. The van der Waals surface area contributed by atoms with Gasteiger partial charge in [0.2, 0.25) is 10.0 Å². The van der Waals surface area contributed by atoms with Gasteiger partial charge in [-0.1, -0.05) is 18.0 Å². The summed E-state index contributed by atoms with van der Waals surface area (Å²) < 4.78 is 27.1. The molecule has 1 atom stereocenters. The summed E-state index contributed by atoms with van der Waals surface area (Å²) in [4.78, 5) is 0.180. The topological polar surface area (TPSA) is 66.4 Å². The first kappa shape index (κ1) is 14.4. The highest BCUT2D eigenvalue weighted by Gasteiger charge is 2.25. The van der Waals surface area contributed by atoms with Crippen LogP contribution in [0.3, 0.4) is 0 Å². The Bertz CT molecular complexity index is 566. The molecule has 19 heavy (non-hydrogen) atoms. The quantitative estimate of drug-likeness (QED) is 0.843. The smallest absolute Gasteiger partial charge is 0.241 e. The van der Waals surface area contributed by atoms with Crippen LogP contribution in [0.1, 0.15) is 25.7 Å². The van der Waals surface area contributed by atoms with Crippen molar-refractivity contribution in [2.24, 2.45) is 0 Å². The minimum Gasteiger partial charge on any atom is -0.516 e. The molecule has 0 aliphatic heterocycles. The summed E-state index contributed by atoms with van der Waals surface area (Å²) in [5, 5.41) is 9.64. The Kier molecular flexibility index (Phi) is 4.50. The van der Waals surface area contributed by atoms with Crippen LogP contribution in [0.2, 0.25) is 5.02 Å². The summed E-state index contributed by atoms with van der Waals surface area (Å²) in [5.74, 6) is 0. The molecule has 2 rings (SSSR count). The van der Waals surface area contributed by atoms with Crippen LogP contribution >= 0.6 is 11.6 Å². The van der Waals surface area contributed by atoms with Gasteiger partial charge in [0.15, 0.2) is 0 Å². The average Bonchev–Trinajstić information content (AvgIpc) is 2.39. The number of halogens is 1. The Labute approximate surface area is 118 Å². The van der Waals surface area contributed by atoms with E-state index >= 15 is 0 Å². The lowest BCUT2D eigenvalue weighted by Gasteiger charge is -2.25. The van der Waals surface area contributed by atoms with E-state index in [-0.39, 0.29) is 10.9 Å². The van der Waals surface area contributed by atoms with E-state index in [2.05, 4.69) is 4.72 Å². The minimum absolute atomic E-state index is 0.180. The lowest BCUT2D eigenvalue weighted by Crippen LogP contribution is -2.37. The summed E-state index contributed by atoms with van der Waals surface area (Å²) in [6.07, 6.45) is 4.38. The van der Waals surface area contributed by atoms with Crippen molar-refractivity contribution in [1.29, 1.82) is 0 Å². The summed E-state index contributed by atoms with van der Waals surface area (Å²) in [5.41, 5.74) is 0.740. The lowest BCUT2D eigenvalue weighted by molar-refractivity contribution is 0.428. The van der Waals surface area contributed by atoms with Gasteiger partial charge >= 0.3 is 0 Å². The molecule has 0 bridgehead atoms. The molecular weight excluding hydrogens is 286 g/mol. The zero-order valence-corrected chi connectivity index (χ0v) is 11.9. The Morgan fingerprint density at radius 1 is 1.26 bits per heavy atom. The van der Waals surface area contributed by atoms with Gasteiger partial charge in [0.1, 0.15) is 0 Å². The number of nitrogens with one attached hydrogen (secondary N) is 1. The lowest BCUT2D eigenvalue weighted by atomic mass is 9.92. The van der Waals surface area contributed by atoms with Gasteiger partial charge in [0.25, 0.3) is 0 Å². The maximum Gasteiger partial charge on any atom is 0.241 e. The number of sulfonamides is 1. The normalized spacial score (nSPS) is 22.6. The fourth-order valence-electron chi connectivity index (χ4n) is 2.20. The predicted molar refractivity (Wildman–Crippen MR) is 74.7 cm³/mol. The molecule has 0 saturated heterocycles. The largest absolute Gasteiger partial charge is 0.516 e. The van der Waals surface area contributed by atoms with Crippen molar-refractivity contribution < 1.29 is 13.5 Å². The number of benzene rings is 1. The molecule has 2 N–H and O–H groups in total. The van der Waals surface area contributed by atoms with Crippen LogP contribution in [0.25, 0.3) is 0 Å². The van der Waals surface area contributed by atoms with Crippen molar-refractivity contribution in [1.82, 2.24) is 4.72 Å². The Morgan fingerprint density at radius 2 is 1.95 bits per heavy atom. The van der Waals surface area contributed by atoms with E-state index in [0.717, 1.165) is 31.1 Å². The van der Waals surface area contributed by atoms with E-state index < -0.39 is 10.0 Å². The molecule has 4 nitrogen and oxygen atoms in total. The monoisotopic (exact) mass is 301 g/mol. The summed E-state index contributed by atoms with van der Waals surface area (Å²) in [6.45, 7) is 0. The van der Waals surface area contributed by atoms with Crippen molar-refractivity contribution >= 4 is 21.6 Å². The van der Waals surface area contributed by atoms with Crippen molar-refractivity contribution in [3.05, 3.63) is 41.1 Å². The van der Waals surface area contributed by atoms with Gasteiger partial charge < -0.3 is 5.11 Å². The fraction of sp³-hybridized carbons (Fsp3) is 0.385. The summed E-state index contributed by atoms with van der Waals surface area (Å²) in [6, 6.07) is 5.70. The van der Waals surface area contributed by atoms with Crippen LogP contribution in [0.4, 0.5) is 0 Å². The van der Waals surface area contributed by atoms with Crippen LogP contribution in [-0.4, -0.2) is 19.6 Å². The SMILES string of the molecule is O=S(=O)(NC1CCCC/C1=C/O)c1ccc(Cl)cc1. The maximum atomic E-state index is 12.2. The summed E-state index contributed by atoms with van der Waals surface area (Å²) in [7, 11) is -3.58. The number of hydrogen-bond donors (Lipinski definition) is 2. The number of hydrogen-bond acceptors (Lipinski definition) is 3. The van der Waals surface area contributed by atoms with Crippen LogP contribution in [0, 0.1) is 0 Å². The second-order valence-electron chi connectivity index (χ2n) is 4.58. The maximum absolute atomic E-state index is 12.2. The molecule has 6 heteroatoms. The van der Waals surface area contributed by atoms with Crippen molar-refractivity contribution in [2.75, 3.05) is 0 Å². The van der Waals surface area contributed by atoms with Gasteiger partial charge in [-0.2, -0.15) is 0 Å². The molecule has 0 spiro atoms. The summed E-state index contributed by atoms with van der Waals surface area (Å²) >= 11 is 5.74. The molecule has 104 valence electrons. The van der Waals surface area contributed by atoms with E-state index in [9.17, 15) is 8.42 Å². The predicted octanol–water partition coefficient (Wildman–Crippen LogP) is 3.00. The van der Waals surface area contributed by atoms with Gasteiger partial charge in [-0.05, 0) is 49.1 Å². The molecule has 1 aromatic rings. The molecule has 0 aromatic heterocycles. The fourth-order valence-corrected chi connectivity index (χ4v) is 3.60. The zero-order chi connectivity index (χ0) is 13.9. The van der Waals surface area contributed by atoms with Gasteiger partial charge in [-0.25, -0.2) is 13.1 Å². The average molecular weight is 302 g/mol. The van der Waals surface area contributed by atoms with Crippen LogP contribution in [-0.2, 0) is 10.0 Å². The first-order chi connectivity index (χ1) is 9.03. The second kappa shape index (κ2) is 5.94. The van der Waals surface area contributed by atoms with E-state index in [1.165, 1.54) is 12.1 Å². The molecule has 1 saturated carbocycles. The third-order valence-electron chi connectivity index (χ3n) is 3.24. The zero-order valence-electron chi connectivity index (χ0n) is 10.3. The first-order valence-corrected chi connectivity index (χ1v) is 8.00. The molecule has 1 aliphatic rings. The highest BCUT2D eigenvalue weighted by Crippen LogP contribution is 2.25. The third-order valence-corrected chi connectivity index (χ3v) is 4.98. The van der Waals surface area contributed by atoms with E-state index in [4.69, 9.17) is 16.7 Å². The van der Waals surface area contributed by atoms with Crippen LogP contribution < -0.4 is 4.72 Å². The van der Waals surface area contributed by atoms with Gasteiger partial charge in [0.05, 0.1) is 11.2 Å². The van der Waals surface area contributed by atoms with E-state index in [0.29, 0.717) is 11.4 Å². The molecule has 0 radical (unpaired) electrons. The van der Waals surface area contributed by atoms with Gasteiger partial charge in [-0.3, -0.25) is 0 Å². The Morgan fingerprint density at radius 3 is 2.58 bits per heavy atom. The van der Waals surface area contributed by atoms with Crippen LogP contribution in [0.15, 0.2) is 41.0 Å². The van der Waals surface area contributed by atoms with E-state index in [1.54, 1.807) is 12.1 Å². The van der Waals surface area contributed by atoms with Gasteiger partial charge in [-0.15, -0.1) is 0 Å². The highest BCUT2D eigenvalue weighted by atomic mass is 35.5. The molecule has 1 unspecified atom stereocenters. The minimum atomic E-state index is -3.58. The molecule has 1 aromatic carbocycles. The first-order valence-electron chi connectivity index (χ1n) is 6.14. The van der Waals surface area contributed by atoms with Crippen LogP contribution in [0.5, 0.6) is 0 Å². The number of rotatable bonds is 3. The number of aliphatic hydroxyl groups excluding tert-OH is 1. The van der Waals surface area contributed by atoms with Crippen molar-refractivity contribution in [3.63, 3.8) is 0 Å². The molecule has 1 aliphatic carbocycles. The molecule has 1 fully saturated rings. The third kappa shape index (κ3) is 3.49. The van der Waals surface area contributed by atoms with Crippen molar-refractivity contribution in [3.8, 4) is 0 Å². The Balaban J connectivity index is 2.19. The van der Waals surface area contributed by atoms with Gasteiger partial charge in [0, 0.05) is 11.1 Å². The number of aliphatic hydroxyl groups is 1. The standard InChI is InChI=1S/C13H16ClNO3S/c14-11-5-7-12(8-6-11)19(17,18)15-13-4-2-1-3-10(13)9-16/h5-9,13,15-16H,1-4H2/b10-9-. The highest BCUT2D eigenvalue weighted by molar-refractivity contribution is 7.89.